The van der Waals surface area contributed by atoms with Crippen LogP contribution in [0.4, 0.5) is 0 Å². The second-order valence-corrected chi connectivity index (χ2v) is 13.5. The molecule has 7 aromatic carbocycles. The molecule has 1 aliphatic carbocycles. The van der Waals surface area contributed by atoms with Crippen LogP contribution in [0, 0.1) is 0 Å². The molecule has 8 aromatic rings. The highest BCUT2D eigenvalue weighted by Crippen LogP contribution is 2.56. The highest BCUT2D eigenvalue weighted by molar-refractivity contribution is 7.99. The van der Waals surface area contributed by atoms with Crippen molar-refractivity contribution in [2.75, 3.05) is 0 Å². The van der Waals surface area contributed by atoms with Crippen molar-refractivity contribution < 1.29 is 0 Å². The van der Waals surface area contributed by atoms with Crippen molar-refractivity contribution in [2.24, 2.45) is 0 Å². The van der Waals surface area contributed by atoms with Crippen molar-refractivity contribution in [3.05, 3.63) is 210 Å². The van der Waals surface area contributed by atoms with Crippen LogP contribution in [-0.2, 0) is 5.41 Å². The summed E-state index contributed by atoms with van der Waals surface area (Å²) in [5.74, 6) is 1.94. The molecule has 0 bridgehead atoms. The number of aromatic nitrogens is 3. The van der Waals surface area contributed by atoms with Gasteiger partial charge in [0.2, 0.25) is 0 Å². The van der Waals surface area contributed by atoms with E-state index in [1.165, 1.54) is 38.3 Å². The number of hydrogen-bond acceptors (Lipinski definition) is 4. The first-order chi connectivity index (χ1) is 24.8. The van der Waals surface area contributed by atoms with E-state index >= 15 is 0 Å². The predicted molar refractivity (Wildman–Crippen MR) is 204 cm³/mol. The third-order valence-corrected chi connectivity index (χ3v) is 10.5. The molecule has 4 heteroatoms. The van der Waals surface area contributed by atoms with Crippen LogP contribution in [0.1, 0.15) is 22.3 Å². The Hall–Kier alpha value is -6.10. The maximum absolute atomic E-state index is 5.15. The molecule has 0 N–H and O–H groups in total. The highest BCUT2D eigenvalue weighted by Gasteiger charge is 2.46. The molecule has 0 amide bonds. The molecule has 0 fully saturated rings. The SMILES string of the molecule is c1ccc(Sc2ccc(-c3nc(-c4ccccc4)nc(-c4ccc5c(c4)C(c4ccccc4)(c4ccccc4)c4ccccc4-5)n3)cc2)cc1. The number of hydrogen-bond donors (Lipinski definition) is 0. The number of fused-ring (bicyclic) bond motifs is 3. The van der Waals surface area contributed by atoms with Crippen LogP contribution in [-0.4, -0.2) is 15.0 Å². The maximum atomic E-state index is 5.15. The van der Waals surface area contributed by atoms with E-state index in [0.717, 1.165) is 21.6 Å². The molecular weight excluding hydrogens is 627 g/mol. The van der Waals surface area contributed by atoms with Gasteiger partial charge < -0.3 is 0 Å². The first-order valence-corrected chi connectivity index (χ1v) is 17.6. The molecule has 0 spiro atoms. The van der Waals surface area contributed by atoms with Gasteiger partial charge in [-0.05, 0) is 63.7 Å². The average molecular weight is 658 g/mol. The van der Waals surface area contributed by atoms with Gasteiger partial charge in [-0.1, -0.05) is 169 Å². The molecule has 3 nitrogen and oxygen atoms in total. The van der Waals surface area contributed by atoms with Crippen LogP contribution in [0.3, 0.4) is 0 Å². The van der Waals surface area contributed by atoms with Crippen molar-refractivity contribution in [2.45, 2.75) is 15.2 Å². The number of rotatable bonds is 7. The fourth-order valence-corrected chi connectivity index (χ4v) is 8.07. The van der Waals surface area contributed by atoms with E-state index in [9.17, 15) is 0 Å². The zero-order valence-corrected chi connectivity index (χ0v) is 28.0. The molecule has 1 aliphatic rings. The van der Waals surface area contributed by atoms with Crippen molar-refractivity contribution in [3.63, 3.8) is 0 Å². The quantitative estimate of drug-likeness (QED) is 0.171. The Kier molecular flexibility index (Phi) is 7.64. The van der Waals surface area contributed by atoms with Crippen molar-refractivity contribution in [1.29, 1.82) is 0 Å². The minimum atomic E-state index is -0.505. The molecule has 0 saturated heterocycles. The summed E-state index contributed by atoms with van der Waals surface area (Å²) in [6.07, 6.45) is 0. The third-order valence-electron chi connectivity index (χ3n) is 9.48. The summed E-state index contributed by atoms with van der Waals surface area (Å²) in [7, 11) is 0. The molecule has 236 valence electrons. The van der Waals surface area contributed by atoms with E-state index in [4.69, 9.17) is 15.0 Å². The van der Waals surface area contributed by atoms with E-state index < -0.39 is 5.41 Å². The van der Waals surface area contributed by atoms with Crippen molar-refractivity contribution in [3.8, 4) is 45.3 Å². The van der Waals surface area contributed by atoms with E-state index in [1.54, 1.807) is 11.8 Å². The summed E-state index contributed by atoms with van der Waals surface area (Å²) < 4.78 is 0. The minimum Gasteiger partial charge on any atom is -0.208 e. The van der Waals surface area contributed by atoms with Gasteiger partial charge in [0.05, 0.1) is 5.41 Å². The second-order valence-electron chi connectivity index (χ2n) is 12.4. The topological polar surface area (TPSA) is 38.7 Å². The monoisotopic (exact) mass is 657 g/mol. The molecule has 1 heterocycles. The lowest BCUT2D eigenvalue weighted by atomic mass is 9.67. The smallest absolute Gasteiger partial charge is 0.164 e. The minimum absolute atomic E-state index is 0.505. The lowest BCUT2D eigenvalue weighted by molar-refractivity contribution is 0.768. The Balaban J connectivity index is 1.22. The van der Waals surface area contributed by atoms with Crippen LogP contribution < -0.4 is 0 Å². The van der Waals surface area contributed by atoms with Gasteiger partial charge in [0, 0.05) is 26.5 Å². The first-order valence-electron chi connectivity index (χ1n) is 16.8. The van der Waals surface area contributed by atoms with Gasteiger partial charge in [0.15, 0.2) is 17.5 Å². The summed E-state index contributed by atoms with van der Waals surface area (Å²) in [5, 5.41) is 0. The average Bonchev–Trinajstić information content (AvgIpc) is 3.50. The van der Waals surface area contributed by atoms with Crippen LogP contribution in [0.5, 0.6) is 0 Å². The molecule has 0 unspecified atom stereocenters. The molecule has 1 aromatic heterocycles. The van der Waals surface area contributed by atoms with Gasteiger partial charge >= 0.3 is 0 Å². The Morgan fingerprint density at radius 3 is 1.40 bits per heavy atom. The van der Waals surface area contributed by atoms with Crippen LogP contribution in [0.15, 0.2) is 198 Å². The Bertz CT molecular complexity index is 2390. The van der Waals surface area contributed by atoms with Crippen LogP contribution in [0.25, 0.3) is 45.3 Å². The molecular formula is C46H31N3S. The normalized spacial score (nSPS) is 12.6. The zero-order valence-electron chi connectivity index (χ0n) is 27.1. The summed E-state index contributed by atoms with van der Waals surface area (Å²) in [4.78, 5) is 17.6. The summed E-state index contributed by atoms with van der Waals surface area (Å²) in [6, 6.07) is 66.3. The molecule has 50 heavy (non-hydrogen) atoms. The first kappa shape index (κ1) is 30.0. The van der Waals surface area contributed by atoms with Crippen LogP contribution in [0.2, 0.25) is 0 Å². The van der Waals surface area contributed by atoms with E-state index in [0.29, 0.717) is 17.5 Å². The van der Waals surface area contributed by atoms with Gasteiger partial charge in [-0.25, -0.2) is 15.0 Å². The second kappa shape index (κ2) is 12.7. The van der Waals surface area contributed by atoms with Gasteiger partial charge in [-0.15, -0.1) is 0 Å². The zero-order chi connectivity index (χ0) is 33.3. The predicted octanol–water partition coefficient (Wildman–Crippen LogP) is 11.4. The van der Waals surface area contributed by atoms with Gasteiger partial charge in [-0.3, -0.25) is 0 Å². The Morgan fingerprint density at radius 2 is 0.780 bits per heavy atom. The summed E-state index contributed by atoms with van der Waals surface area (Å²) >= 11 is 1.74. The van der Waals surface area contributed by atoms with E-state index in [2.05, 4.69) is 164 Å². The fraction of sp³-hybridized carbons (Fsp3) is 0.0217. The fourth-order valence-electron chi connectivity index (χ4n) is 7.23. The number of benzene rings is 7. The molecule has 0 atom stereocenters. The molecule has 0 aliphatic heterocycles. The van der Waals surface area contributed by atoms with Crippen molar-refractivity contribution >= 4 is 11.8 Å². The van der Waals surface area contributed by atoms with Crippen molar-refractivity contribution in [1.82, 2.24) is 15.0 Å². The summed E-state index contributed by atoms with van der Waals surface area (Å²) in [5.41, 5.74) is 9.76. The maximum Gasteiger partial charge on any atom is 0.164 e. The van der Waals surface area contributed by atoms with E-state index in [1.807, 2.05) is 24.3 Å². The van der Waals surface area contributed by atoms with E-state index in [-0.39, 0.29) is 0 Å². The molecule has 9 rings (SSSR count). The lowest BCUT2D eigenvalue weighted by Gasteiger charge is -2.34. The largest absolute Gasteiger partial charge is 0.208 e. The Morgan fingerprint density at radius 1 is 0.340 bits per heavy atom. The van der Waals surface area contributed by atoms with Crippen LogP contribution >= 0.6 is 11.8 Å². The lowest BCUT2D eigenvalue weighted by Crippen LogP contribution is -2.28. The Labute approximate surface area is 296 Å². The summed E-state index contributed by atoms with van der Waals surface area (Å²) in [6.45, 7) is 0. The number of nitrogens with zero attached hydrogens (tertiary/aromatic N) is 3. The van der Waals surface area contributed by atoms with Gasteiger partial charge in [-0.2, -0.15) is 0 Å². The third kappa shape index (κ3) is 5.22. The van der Waals surface area contributed by atoms with Gasteiger partial charge in [0.25, 0.3) is 0 Å². The molecule has 0 radical (unpaired) electrons. The standard InChI is InChI=1S/C46H31N3S/c1-5-15-32(16-6-1)43-47-44(33-25-28-38(29-26-33)50-37-21-11-4-12-22-37)49-45(48-43)34-27-30-40-39-23-13-14-24-41(39)46(42(40)31-34,35-17-7-2-8-18-35)36-19-9-3-10-20-36/h1-31H. The highest BCUT2D eigenvalue weighted by atomic mass is 32.2. The van der Waals surface area contributed by atoms with Gasteiger partial charge in [0.1, 0.15) is 0 Å². The molecule has 0 saturated carbocycles.